The van der Waals surface area contributed by atoms with Crippen LogP contribution in [0.25, 0.3) is 0 Å². The summed E-state index contributed by atoms with van der Waals surface area (Å²) >= 11 is 0. The lowest BCUT2D eigenvalue weighted by Gasteiger charge is -2.51. The van der Waals surface area contributed by atoms with Gasteiger partial charge in [0.25, 0.3) is 0 Å². The van der Waals surface area contributed by atoms with Crippen LogP contribution in [-0.2, 0) is 0 Å². The van der Waals surface area contributed by atoms with Crippen molar-refractivity contribution in [2.75, 3.05) is 0 Å². The smallest absolute Gasteiger partial charge is 0.171 e. The Hall–Kier alpha value is -1.89. The average molecular weight is 1800 g/mol. The summed E-state index contributed by atoms with van der Waals surface area (Å²) in [5, 5.41) is 0. The largest absolute Gasteiger partial charge is 0.403 e. The van der Waals surface area contributed by atoms with Crippen LogP contribution in [0.4, 0.5) is 119 Å². The van der Waals surface area contributed by atoms with Crippen molar-refractivity contribution in [2.45, 2.75) is 448 Å². The maximum absolute atomic E-state index is 12.9. The Morgan fingerprint density at radius 2 is 0.658 bits per heavy atom. The number of halogens is 27. The van der Waals surface area contributed by atoms with E-state index >= 15 is 0 Å². The molecule has 0 aromatic carbocycles. The first-order valence-electron chi connectivity index (χ1n) is 43.7. The van der Waals surface area contributed by atoms with E-state index in [1.54, 1.807) is 41.5 Å². The molecule has 0 spiro atoms. The van der Waals surface area contributed by atoms with Gasteiger partial charge in [-0.2, -0.15) is 119 Å². The number of alkyl halides is 27. The molecule has 0 radical (unpaired) electrons. The Kier molecular flexibility index (Phi) is 48.6. The van der Waals surface area contributed by atoms with Gasteiger partial charge in [-0.05, 0) is 179 Å². The second-order valence-electron chi connectivity index (χ2n) is 45.2. The topological polar surface area (TPSA) is 0 Å². The van der Waals surface area contributed by atoms with E-state index in [1.165, 1.54) is 20.8 Å². The van der Waals surface area contributed by atoms with Crippen LogP contribution >= 0.6 is 0 Å². The van der Waals surface area contributed by atoms with Crippen LogP contribution in [0, 0.1) is 148 Å². The van der Waals surface area contributed by atoms with E-state index in [2.05, 4.69) is 145 Å². The van der Waals surface area contributed by atoms with E-state index in [9.17, 15) is 119 Å². The lowest BCUT2D eigenvalue weighted by atomic mass is 9.55. The average Bonchev–Trinajstić information content (AvgIpc) is 0.721. The van der Waals surface area contributed by atoms with E-state index in [0.717, 1.165) is 63.2 Å². The van der Waals surface area contributed by atoms with Crippen molar-refractivity contribution in [3.63, 3.8) is 0 Å². The van der Waals surface area contributed by atoms with Crippen LogP contribution in [-0.4, -0.2) is 55.6 Å². The molecular formula is C93H169F27. The molecule has 5 saturated carbocycles. The van der Waals surface area contributed by atoms with Crippen LogP contribution in [0.1, 0.15) is 392 Å². The summed E-state index contributed by atoms with van der Waals surface area (Å²) in [5.74, 6) is -2.57. The van der Waals surface area contributed by atoms with E-state index < -0.39 is 132 Å². The molecule has 4 unspecified atom stereocenters. The van der Waals surface area contributed by atoms with E-state index in [1.807, 2.05) is 55.4 Å². The third-order valence-electron chi connectivity index (χ3n) is 31.3. The molecule has 27 heteroatoms. The normalized spacial score (nSPS) is 23.9. The van der Waals surface area contributed by atoms with Gasteiger partial charge in [0.1, 0.15) is 0 Å². The van der Waals surface area contributed by atoms with Gasteiger partial charge in [-0.1, -0.05) is 321 Å². The SMILES string of the molecule is CC(C)(C)C(C)(C)C(C)(C)C.CC(C)(C)C(C)(C)C(C)(C)C(F)(F)F.CC(C)C(C)(C)C(C)(C)C.CC(C)C(C)(C)C(C)C(F)(F)F.CC(C)[C@@H](C)C(C)(C)C.CC1CCC(C(F)(F)F)(C(F)(F)F)CC1.CC1CCC(C(F)(F)F)CC1.CC1CCCC(C(F)(F)F)[C@@H]1C.C[C@@H]1CCCC(C(F)(F)F)C1.C[C@@H]1CCCCC1(C(F)(F)F)C(F)(F)F. The van der Waals surface area contributed by atoms with Crippen molar-refractivity contribution in [2.24, 2.45) is 148 Å². The molecule has 0 aliphatic heterocycles. The minimum atomic E-state index is -5.20. The van der Waals surface area contributed by atoms with Gasteiger partial charge in [-0.15, -0.1) is 0 Å². The van der Waals surface area contributed by atoms with Crippen molar-refractivity contribution in [1.29, 1.82) is 0 Å². The highest BCUT2D eigenvalue weighted by molar-refractivity contribution is 5.01. The predicted molar refractivity (Wildman–Crippen MR) is 442 cm³/mol. The molecule has 0 nitrogen and oxygen atoms in total. The van der Waals surface area contributed by atoms with E-state index in [0.29, 0.717) is 76.9 Å². The van der Waals surface area contributed by atoms with Gasteiger partial charge in [0, 0.05) is 0 Å². The van der Waals surface area contributed by atoms with Crippen molar-refractivity contribution >= 4 is 0 Å². The zero-order valence-corrected chi connectivity index (χ0v) is 81.2. The van der Waals surface area contributed by atoms with Gasteiger partial charge >= 0.3 is 55.6 Å². The Morgan fingerprint density at radius 3 is 0.850 bits per heavy atom. The van der Waals surface area contributed by atoms with Crippen molar-refractivity contribution in [3.8, 4) is 0 Å². The molecule has 0 heterocycles. The van der Waals surface area contributed by atoms with Crippen LogP contribution in [0.15, 0.2) is 0 Å². The third kappa shape index (κ3) is 38.4. The molecule has 0 aromatic heterocycles. The van der Waals surface area contributed by atoms with Crippen LogP contribution in [0.5, 0.6) is 0 Å². The highest BCUT2D eigenvalue weighted by atomic mass is 19.4. The molecule has 0 N–H and O–H groups in total. The number of hydrogen-bond donors (Lipinski definition) is 0. The number of hydrogen-bond acceptors (Lipinski definition) is 0. The Bertz CT molecular complexity index is 2650. The van der Waals surface area contributed by atoms with E-state index in [-0.39, 0.29) is 60.7 Å². The molecule has 5 fully saturated rings. The maximum Gasteiger partial charge on any atom is 0.403 e. The van der Waals surface area contributed by atoms with E-state index in [4.69, 9.17) is 0 Å². The fourth-order valence-electron chi connectivity index (χ4n) is 14.9. The fourth-order valence-corrected chi connectivity index (χ4v) is 14.9. The van der Waals surface area contributed by atoms with Crippen LogP contribution in [0.3, 0.4) is 0 Å². The molecule has 5 aliphatic carbocycles. The fraction of sp³-hybridized carbons (Fsp3) is 1.00. The second kappa shape index (κ2) is 46.1. The van der Waals surface area contributed by atoms with Gasteiger partial charge < -0.3 is 0 Å². The molecule has 0 bridgehead atoms. The van der Waals surface area contributed by atoms with Gasteiger partial charge in [0.2, 0.25) is 0 Å². The summed E-state index contributed by atoms with van der Waals surface area (Å²) in [6.07, 6.45) is -36.5. The highest BCUT2D eigenvalue weighted by Gasteiger charge is 2.73. The standard InChI is InChI=1S/C11H21F3.C11H24.C10H22.2C9H12F6.C9H15F3.C9H17F3.C9H20.2C8H13F3/c1-8(2,3)9(4,5)10(6,7)11(12,13)14;1-9(2,3)11(7,8)10(4,5)6;1-8(2)10(6,7)9(3,4)5;1-6-2-4-7(5-3-6,8(10,11)12)9(13,14)15;1-6-4-2-3-5-7(6,8(10,11)12)9(13,14)15;1-6-4-3-5-8(7(6)2)9(10,11)12;1-6(2)8(4,5)7(3)9(10,11)12;1-7(2)8(3)9(4,5)6;1-6-2-4-7(5-3-6)8(9,10)11;1-6-3-2-4-7(5-6)8(9,10)11/h1-7H3;1-8H3;8H,1-7H3;2*6H,2-5H2,1H3;6-8H,3-5H2,1-2H3;6-7H,1-5H3;7-8H,1-6H3;2*6-7H,2-5H2,1H3/t;;;;6-;6?,7-,8?;;8-;;6-,7?/m....11.1.1/s1. The monoisotopic (exact) mass is 1800 g/mol. The van der Waals surface area contributed by atoms with Crippen molar-refractivity contribution in [1.82, 2.24) is 0 Å². The highest BCUT2D eigenvalue weighted by Crippen LogP contribution is 2.63. The van der Waals surface area contributed by atoms with Crippen LogP contribution < -0.4 is 0 Å². The van der Waals surface area contributed by atoms with Crippen LogP contribution in [0.2, 0.25) is 0 Å². The van der Waals surface area contributed by atoms with Crippen molar-refractivity contribution in [3.05, 3.63) is 0 Å². The van der Waals surface area contributed by atoms with Gasteiger partial charge in [-0.25, -0.2) is 0 Å². The molecule has 5 rings (SSSR count). The molecule has 5 aliphatic rings. The maximum atomic E-state index is 12.9. The molecule has 730 valence electrons. The summed E-state index contributed by atoms with van der Waals surface area (Å²) in [7, 11) is 0. The molecule has 0 amide bonds. The Morgan fingerprint density at radius 1 is 0.300 bits per heavy atom. The lowest BCUT2D eigenvalue weighted by molar-refractivity contribution is -0.364. The summed E-state index contributed by atoms with van der Waals surface area (Å²) in [5.41, 5.74) is -8.04. The summed E-state index contributed by atoms with van der Waals surface area (Å²) < 4.78 is 336. The third-order valence-corrected chi connectivity index (χ3v) is 31.3. The predicted octanol–water partition coefficient (Wildman–Crippen LogP) is 38.6. The molecule has 0 saturated heterocycles. The molecular weight excluding hydrogens is 1630 g/mol. The second-order valence-corrected chi connectivity index (χ2v) is 45.2. The number of rotatable bonds is 5. The van der Waals surface area contributed by atoms with Gasteiger partial charge in [0.15, 0.2) is 10.8 Å². The molecule has 0 aromatic rings. The summed E-state index contributed by atoms with van der Waals surface area (Å²) in [6, 6.07) is 0. The minimum Gasteiger partial charge on any atom is -0.171 e. The summed E-state index contributed by atoms with van der Waals surface area (Å²) in [6.45, 7) is 78.6. The molecule has 120 heavy (non-hydrogen) atoms. The minimum absolute atomic E-state index is 0.0106. The quantitative estimate of drug-likeness (QED) is 0.241. The molecule has 8 atom stereocenters. The Labute approximate surface area is 711 Å². The lowest BCUT2D eigenvalue weighted by Crippen LogP contribution is -2.55. The van der Waals surface area contributed by atoms with Crippen molar-refractivity contribution < 1.29 is 119 Å². The zero-order chi connectivity index (χ0) is 98.0. The first-order valence-corrected chi connectivity index (χ1v) is 43.7. The first-order chi connectivity index (χ1) is 52.0. The Balaban J connectivity index is -0.000000410. The first kappa shape index (κ1) is 127. The summed E-state index contributed by atoms with van der Waals surface area (Å²) in [4.78, 5) is 0. The zero-order valence-electron chi connectivity index (χ0n) is 81.2. The van der Waals surface area contributed by atoms with Gasteiger partial charge in [0.05, 0.1) is 29.1 Å². The van der Waals surface area contributed by atoms with Gasteiger partial charge in [-0.3, -0.25) is 0 Å².